The number of nitrogens with one attached hydrogen (secondary N) is 2. The van der Waals surface area contributed by atoms with Crippen LogP contribution in [-0.2, 0) is 4.79 Å². The Labute approximate surface area is 106 Å². The van der Waals surface area contributed by atoms with Crippen LogP contribution in [0.25, 0.3) is 0 Å². The number of non-ortho nitro benzene ring substituents is 1. The third-order valence-electron chi connectivity index (χ3n) is 2.38. The zero-order chi connectivity index (χ0) is 13.5. The van der Waals surface area contributed by atoms with Crippen LogP contribution in [0, 0.1) is 10.1 Å². The minimum absolute atomic E-state index is 0.00108. The Morgan fingerprint density at radius 1 is 1.50 bits per heavy atom. The molecule has 0 aliphatic carbocycles. The Morgan fingerprint density at radius 3 is 2.83 bits per heavy atom. The van der Waals surface area contributed by atoms with Crippen molar-refractivity contribution in [2.24, 2.45) is 0 Å². The zero-order valence-electron chi connectivity index (χ0n) is 10.5. The molecule has 18 heavy (non-hydrogen) atoms. The third-order valence-corrected chi connectivity index (χ3v) is 2.38. The van der Waals surface area contributed by atoms with Crippen LogP contribution in [0.2, 0.25) is 0 Å². The van der Waals surface area contributed by atoms with Crippen molar-refractivity contribution in [3.05, 3.63) is 34.4 Å². The third kappa shape index (κ3) is 4.04. The van der Waals surface area contributed by atoms with E-state index in [4.69, 9.17) is 0 Å². The first-order valence-corrected chi connectivity index (χ1v) is 5.83. The predicted octanol–water partition coefficient (Wildman–Crippen LogP) is 1.92. The van der Waals surface area contributed by atoms with E-state index in [0.29, 0.717) is 12.2 Å². The molecule has 1 aromatic rings. The van der Waals surface area contributed by atoms with Crippen LogP contribution in [-0.4, -0.2) is 23.4 Å². The average molecular weight is 251 g/mol. The molecule has 98 valence electrons. The molecule has 0 saturated carbocycles. The number of hydrogen-bond donors (Lipinski definition) is 2. The molecule has 1 atom stereocenters. The molecule has 2 N–H and O–H groups in total. The van der Waals surface area contributed by atoms with E-state index in [-0.39, 0.29) is 11.6 Å². The number of nitro groups is 1. The summed E-state index contributed by atoms with van der Waals surface area (Å²) in [6.07, 6.45) is 0.870. The summed E-state index contributed by atoms with van der Waals surface area (Å²) >= 11 is 0. The summed E-state index contributed by atoms with van der Waals surface area (Å²) in [5.41, 5.74) is 0.560. The van der Waals surface area contributed by atoms with Crippen LogP contribution in [0.5, 0.6) is 0 Å². The lowest BCUT2D eigenvalue weighted by Crippen LogP contribution is -2.37. The van der Waals surface area contributed by atoms with Crippen LogP contribution < -0.4 is 10.6 Å². The van der Waals surface area contributed by atoms with Crippen LogP contribution in [0.1, 0.15) is 20.3 Å². The number of benzene rings is 1. The fraction of sp³-hybridized carbons (Fsp3) is 0.417. The summed E-state index contributed by atoms with van der Waals surface area (Å²) in [5.74, 6) is -0.122. The van der Waals surface area contributed by atoms with Crippen LogP contribution in [0.3, 0.4) is 0 Å². The lowest BCUT2D eigenvalue weighted by atomic mass is 10.2. The van der Waals surface area contributed by atoms with Gasteiger partial charge < -0.3 is 10.6 Å². The quantitative estimate of drug-likeness (QED) is 0.597. The van der Waals surface area contributed by atoms with Crippen molar-refractivity contribution in [3.63, 3.8) is 0 Å². The molecule has 6 nitrogen and oxygen atoms in total. The number of amides is 1. The molecule has 0 bridgehead atoms. The standard InChI is InChI=1S/C12H17N3O3/c1-3-7-13-12(16)9(2)14-10-5-4-6-11(8-10)15(17)18/h4-6,8-9,14H,3,7H2,1-2H3,(H,13,16)/t9-/m0/s1. The lowest BCUT2D eigenvalue weighted by molar-refractivity contribution is -0.384. The molecule has 0 unspecified atom stereocenters. The molecule has 0 aliphatic rings. The van der Waals surface area contributed by atoms with Gasteiger partial charge in [-0.2, -0.15) is 0 Å². The van der Waals surface area contributed by atoms with E-state index >= 15 is 0 Å². The number of carbonyl (C=O) groups is 1. The van der Waals surface area contributed by atoms with Crippen molar-refractivity contribution in [2.45, 2.75) is 26.3 Å². The molecular weight excluding hydrogens is 234 g/mol. The Hall–Kier alpha value is -2.11. The molecule has 1 rings (SSSR count). The van der Waals surface area contributed by atoms with E-state index in [1.54, 1.807) is 19.1 Å². The Balaban J connectivity index is 2.63. The number of nitro benzene ring substituents is 1. The highest BCUT2D eigenvalue weighted by atomic mass is 16.6. The van der Waals surface area contributed by atoms with E-state index in [1.165, 1.54) is 12.1 Å². The molecule has 1 amide bonds. The summed E-state index contributed by atoms with van der Waals surface area (Å²) in [6, 6.07) is 5.66. The molecule has 0 heterocycles. The van der Waals surface area contributed by atoms with Crippen LogP contribution in [0.15, 0.2) is 24.3 Å². The minimum atomic E-state index is -0.465. The highest BCUT2D eigenvalue weighted by Gasteiger charge is 2.13. The molecule has 0 fully saturated rings. The molecular formula is C12H17N3O3. The van der Waals surface area contributed by atoms with Crippen molar-refractivity contribution < 1.29 is 9.72 Å². The molecule has 0 radical (unpaired) electrons. The van der Waals surface area contributed by atoms with E-state index in [9.17, 15) is 14.9 Å². The first kappa shape index (κ1) is 14.0. The average Bonchev–Trinajstić information content (AvgIpc) is 2.36. The molecule has 6 heteroatoms. The minimum Gasteiger partial charge on any atom is -0.374 e. The van der Waals surface area contributed by atoms with Crippen LogP contribution >= 0.6 is 0 Å². The monoisotopic (exact) mass is 251 g/mol. The fourth-order valence-electron chi connectivity index (χ4n) is 1.43. The van der Waals surface area contributed by atoms with Crippen LogP contribution in [0.4, 0.5) is 11.4 Å². The predicted molar refractivity (Wildman–Crippen MR) is 69.5 cm³/mol. The molecule has 0 aromatic heterocycles. The summed E-state index contributed by atoms with van der Waals surface area (Å²) < 4.78 is 0. The Kier molecular flexibility index (Phi) is 5.10. The van der Waals surface area contributed by atoms with Gasteiger partial charge in [-0.15, -0.1) is 0 Å². The topological polar surface area (TPSA) is 84.3 Å². The van der Waals surface area contributed by atoms with Crippen molar-refractivity contribution in [3.8, 4) is 0 Å². The van der Waals surface area contributed by atoms with Gasteiger partial charge in [-0.25, -0.2) is 0 Å². The van der Waals surface area contributed by atoms with Crippen molar-refractivity contribution in [1.82, 2.24) is 5.32 Å². The van der Waals surface area contributed by atoms with Gasteiger partial charge in [0.1, 0.15) is 6.04 Å². The van der Waals surface area contributed by atoms with E-state index < -0.39 is 11.0 Å². The normalized spacial score (nSPS) is 11.7. The second-order valence-electron chi connectivity index (χ2n) is 3.96. The van der Waals surface area contributed by atoms with Crippen molar-refractivity contribution in [1.29, 1.82) is 0 Å². The highest BCUT2D eigenvalue weighted by Crippen LogP contribution is 2.17. The van der Waals surface area contributed by atoms with Crippen molar-refractivity contribution in [2.75, 3.05) is 11.9 Å². The Morgan fingerprint density at radius 2 is 2.22 bits per heavy atom. The van der Waals surface area contributed by atoms with Gasteiger partial charge in [0.25, 0.3) is 5.69 Å². The molecule has 0 saturated heterocycles. The van der Waals surface area contributed by atoms with Gasteiger partial charge in [0.2, 0.25) is 5.91 Å². The van der Waals surface area contributed by atoms with Gasteiger partial charge in [-0.05, 0) is 19.4 Å². The number of carbonyl (C=O) groups excluding carboxylic acids is 1. The van der Waals surface area contributed by atoms with Gasteiger partial charge in [0, 0.05) is 24.4 Å². The largest absolute Gasteiger partial charge is 0.374 e. The van der Waals surface area contributed by atoms with E-state index in [1.807, 2.05) is 6.92 Å². The Bertz CT molecular complexity index is 434. The number of nitrogens with zero attached hydrogens (tertiary/aromatic N) is 1. The molecule has 0 aliphatic heterocycles. The SMILES string of the molecule is CCCNC(=O)[C@H](C)Nc1cccc([N+](=O)[O-])c1. The smallest absolute Gasteiger partial charge is 0.271 e. The second-order valence-corrected chi connectivity index (χ2v) is 3.96. The fourth-order valence-corrected chi connectivity index (χ4v) is 1.43. The first-order chi connectivity index (χ1) is 8.54. The molecule has 1 aromatic carbocycles. The number of anilines is 1. The first-order valence-electron chi connectivity index (χ1n) is 5.83. The van der Waals surface area contributed by atoms with Gasteiger partial charge >= 0.3 is 0 Å². The van der Waals surface area contributed by atoms with Crippen molar-refractivity contribution >= 4 is 17.3 Å². The van der Waals surface area contributed by atoms with Gasteiger partial charge in [-0.3, -0.25) is 14.9 Å². The maximum Gasteiger partial charge on any atom is 0.271 e. The summed E-state index contributed by atoms with van der Waals surface area (Å²) in [5, 5.41) is 16.3. The number of rotatable bonds is 6. The van der Waals surface area contributed by atoms with Gasteiger partial charge in [-0.1, -0.05) is 13.0 Å². The van der Waals surface area contributed by atoms with E-state index in [0.717, 1.165) is 6.42 Å². The summed E-state index contributed by atoms with van der Waals surface area (Å²) in [6.45, 7) is 4.31. The van der Waals surface area contributed by atoms with Gasteiger partial charge in [0.15, 0.2) is 0 Å². The number of hydrogen-bond acceptors (Lipinski definition) is 4. The maximum atomic E-state index is 11.6. The maximum absolute atomic E-state index is 11.6. The van der Waals surface area contributed by atoms with E-state index in [2.05, 4.69) is 10.6 Å². The highest BCUT2D eigenvalue weighted by molar-refractivity contribution is 5.84. The second kappa shape index (κ2) is 6.58. The van der Waals surface area contributed by atoms with Gasteiger partial charge in [0.05, 0.1) is 4.92 Å². The summed E-state index contributed by atoms with van der Waals surface area (Å²) in [7, 11) is 0. The summed E-state index contributed by atoms with van der Waals surface area (Å²) in [4.78, 5) is 21.8. The molecule has 0 spiro atoms. The zero-order valence-corrected chi connectivity index (χ0v) is 10.5. The lowest BCUT2D eigenvalue weighted by Gasteiger charge is -2.14.